The largest absolute Gasteiger partial charge is 0.488 e. The molecule has 4 aromatic rings. The Bertz CT molecular complexity index is 1250. The Morgan fingerprint density at radius 1 is 0.844 bits per heavy atom. The molecule has 0 aliphatic rings. The molecule has 1 amide bonds. The van der Waals surface area contributed by atoms with Gasteiger partial charge in [0.25, 0.3) is 0 Å². The van der Waals surface area contributed by atoms with Crippen LogP contribution in [0.5, 0.6) is 5.75 Å². The Morgan fingerprint density at radius 2 is 1.50 bits per heavy atom. The van der Waals surface area contributed by atoms with E-state index in [1.54, 1.807) is 18.3 Å². The summed E-state index contributed by atoms with van der Waals surface area (Å²) in [5, 5.41) is 7.54. The molecule has 6 heteroatoms. The number of nitrogens with zero attached hydrogens (tertiary/aromatic N) is 1. The monoisotopic (exact) mass is 462 g/mol. The molecule has 0 fully saturated rings. The van der Waals surface area contributed by atoms with Crippen LogP contribution in [0.15, 0.2) is 90.0 Å². The molecule has 0 bridgehead atoms. The SMILES string of the molecule is O=C(Cc1ccc(Cl)cc1)N/N=C/c1c(OCc2ccc(Cl)cc2)ccc2ccccc12. The third-order valence-electron chi connectivity index (χ3n) is 4.90. The Hall–Kier alpha value is -3.34. The van der Waals surface area contributed by atoms with Crippen molar-refractivity contribution >= 4 is 46.1 Å². The van der Waals surface area contributed by atoms with E-state index in [2.05, 4.69) is 10.5 Å². The van der Waals surface area contributed by atoms with Crippen LogP contribution in [-0.4, -0.2) is 12.1 Å². The van der Waals surface area contributed by atoms with E-state index in [9.17, 15) is 4.79 Å². The predicted octanol–water partition coefficient (Wildman–Crippen LogP) is 6.42. The summed E-state index contributed by atoms with van der Waals surface area (Å²) in [4.78, 5) is 12.3. The fourth-order valence-electron chi connectivity index (χ4n) is 3.27. The first kappa shape index (κ1) is 21.9. The van der Waals surface area contributed by atoms with Gasteiger partial charge in [-0.05, 0) is 52.2 Å². The maximum absolute atomic E-state index is 12.3. The molecule has 0 saturated heterocycles. The lowest BCUT2D eigenvalue weighted by molar-refractivity contribution is -0.120. The average molecular weight is 463 g/mol. The maximum atomic E-state index is 12.3. The van der Waals surface area contributed by atoms with Crippen molar-refractivity contribution in [2.45, 2.75) is 13.0 Å². The topological polar surface area (TPSA) is 50.7 Å². The van der Waals surface area contributed by atoms with Crippen LogP contribution in [0.3, 0.4) is 0 Å². The van der Waals surface area contributed by atoms with Crippen LogP contribution in [0.25, 0.3) is 10.8 Å². The van der Waals surface area contributed by atoms with Gasteiger partial charge in [0.1, 0.15) is 12.4 Å². The van der Waals surface area contributed by atoms with E-state index in [1.165, 1.54) is 0 Å². The highest BCUT2D eigenvalue weighted by Crippen LogP contribution is 2.27. The molecule has 0 radical (unpaired) electrons. The van der Waals surface area contributed by atoms with Gasteiger partial charge in [0.05, 0.1) is 12.6 Å². The molecule has 4 nitrogen and oxygen atoms in total. The summed E-state index contributed by atoms with van der Waals surface area (Å²) in [5.41, 5.74) is 5.25. The van der Waals surface area contributed by atoms with Gasteiger partial charge in [-0.15, -0.1) is 0 Å². The Morgan fingerprint density at radius 3 is 2.22 bits per heavy atom. The van der Waals surface area contributed by atoms with E-state index < -0.39 is 0 Å². The minimum Gasteiger partial charge on any atom is -0.488 e. The molecule has 32 heavy (non-hydrogen) atoms. The van der Waals surface area contributed by atoms with E-state index >= 15 is 0 Å². The number of halogens is 2. The molecule has 0 aromatic heterocycles. The van der Waals surface area contributed by atoms with Gasteiger partial charge in [-0.25, -0.2) is 5.43 Å². The van der Waals surface area contributed by atoms with Crippen molar-refractivity contribution in [2.24, 2.45) is 5.10 Å². The van der Waals surface area contributed by atoms with Crippen molar-refractivity contribution in [3.05, 3.63) is 112 Å². The number of benzene rings is 4. The number of hydrogen-bond donors (Lipinski definition) is 1. The van der Waals surface area contributed by atoms with Crippen LogP contribution in [0, 0.1) is 0 Å². The number of ether oxygens (including phenoxy) is 1. The van der Waals surface area contributed by atoms with E-state index in [0.717, 1.165) is 27.5 Å². The highest BCUT2D eigenvalue weighted by atomic mass is 35.5. The zero-order valence-corrected chi connectivity index (χ0v) is 18.6. The first-order chi connectivity index (χ1) is 15.6. The van der Waals surface area contributed by atoms with Crippen molar-refractivity contribution < 1.29 is 9.53 Å². The van der Waals surface area contributed by atoms with Crippen LogP contribution in [-0.2, 0) is 17.8 Å². The molecular weight excluding hydrogens is 443 g/mol. The van der Waals surface area contributed by atoms with Crippen LogP contribution in [0.4, 0.5) is 0 Å². The maximum Gasteiger partial charge on any atom is 0.244 e. The standard InChI is InChI=1S/C26H20Cl2N2O2/c27-21-10-5-18(6-11-21)15-26(31)30-29-16-24-23-4-2-1-3-20(23)9-14-25(24)32-17-19-7-12-22(28)13-8-19/h1-14,16H,15,17H2,(H,30,31)/b29-16+. The summed E-state index contributed by atoms with van der Waals surface area (Å²) in [6.45, 7) is 0.388. The Labute approximate surface area is 196 Å². The molecule has 0 aliphatic carbocycles. The van der Waals surface area contributed by atoms with Crippen molar-refractivity contribution in [1.82, 2.24) is 5.43 Å². The average Bonchev–Trinajstić information content (AvgIpc) is 2.81. The van der Waals surface area contributed by atoms with E-state index in [-0.39, 0.29) is 12.3 Å². The molecule has 4 aromatic carbocycles. The first-order valence-corrected chi connectivity index (χ1v) is 10.8. The number of carbonyl (C=O) groups is 1. The van der Waals surface area contributed by atoms with Crippen molar-refractivity contribution in [3.63, 3.8) is 0 Å². The number of carbonyl (C=O) groups excluding carboxylic acids is 1. The molecule has 1 N–H and O–H groups in total. The van der Waals surface area contributed by atoms with Gasteiger partial charge >= 0.3 is 0 Å². The molecule has 0 heterocycles. The highest BCUT2D eigenvalue weighted by molar-refractivity contribution is 6.30. The van der Waals surface area contributed by atoms with Crippen molar-refractivity contribution in [1.29, 1.82) is 0 Å². The van der Waals surface area contributed by atoms with Crippen molar-refractivity contribution in [3.8, 4) is 5.75 Å². The zero-order valence-electron chi connectivity index (χ0n) is 17.1. The van der Waals surface area contributed by atoms with Crippen LogP contribution < -0.4 is 10.2 Å². The number of fused-ring (bicyclic) bond motifs is 1. The van der Waals surface area contributed by atoms with E-state index in [0.29, 0.717) is 22.4 Å². The number of rotatable bonds is 7. The van der Waals surface area contributed by atoms with Gasteiger partial charge in [0.15, 0.2) is 0 Å². The number of amides is 1. The molecule has 0 aliphatic heterocycles. The highest BCUT2D eigenvalue weighted by Gasteiger charge is 2.08. The molecule has 0 atom stereocenters. The lowest BCUT2D eigenvalue weighted by Gasteiger charge is -2.12. The summed E-state index contributed by atoms with van der Waals surface area (Å²) >= 11 is 11.9. The van der Waals surface area contributed by atoms with Gasteiger partial charge in [0.2, 0.25) is 5.91 Å². The lowest BCUT2D eigenvalue weighted by atomic mass is 10.0. The molecule has 0 saturated carbocycles. The minimum atomic E-state index is -0.215. The molecule has 4 rings (SSSR count). The first-order valence-electron chi connectivity index (χ1n) is 10.0. The van der Waals surface area contributed by atoms with Gasteiger partial charge in [-0.1, -0.05) is 77.8 Å². The van der Waals surface area contributed by atoms with Gasteiger partial charge in [0, 0.05) is 15.6 Å². The number of hydrogen-bond acceptors (Lipinski definition) is 3. The van der Waals surface area contributed by atoms with E-state index in [1.807, 2.05) is 72.8 Å². The van der Waals surface area contributed by atoms with Crippen LogP contribution >= 0.6 is 23.2 Å². The fourth-order valence-corrected chi connectivity index (χ4v) is 3.52. The minimum absolute atomic E-state index is 0.212. The quantitative estimate of drug-likeness (QED) is 0.254. The lowest BCUT2D eigenvalue weighted by Crippen LogP contribution is -2.19. The second-order valence-electron chi connectivity index (χ2n) is 7.21. The van der Waals surface area contributed by atoms with Crippen LogP contribution in [0.2, 0.25) is 10.0 Å². The molecule has 0 spiro atoms. The van der Waals surface area contributed by atoms with E-state index in [4.69, 9.17) is 27.9 Å². The van der Waals surface area contributed by atoms with Gasteiger partial charge in [-0.2, -0.15) is 5.10 Å². The molecular formula is C26H20Cl2N2O2. The third-order valence-corrected chi connectivity index (χ3v) is 5.40. The summed E-state index contributed by atoms with van der Waals surface area (Å²) in [7, 11) is 0. The predicted molar refractivity (Wildman–Crippen MR) is 131 cm³/mol. The van der Waals surface area contributed by atoms with Gasteiger partial charge < -0.3 is 4.74 Å². The third kappa shape index (κ3) is 5.67. The second-order valence-corrected chi connectivity index (χ2v) is 8.08. The number of nitrogens with one attached hydrogen (secondary N) is 1. The summed E-state index contributed by atoms with van der Waals surface area (Å²) in [6.07, 6.45) is 1.84. The van der Waals surface area contributed by atoms with Crippen LogP contribution in [0.1, 0.15) is 16.7 Å². The van der Waals surface area contributed by atoms with Crippen molar-refractivity contribution in [2.75, 3.05) is 0 Å². The normalized spacial score (nSPS) is 11.1. The summed E-state index contributed by atoms with van der Waals surface area (Å²) in [5.74, 6) is 0.460. The molecule has 160 valence electrons. The second kappa shape index (κ2) is 10.3. The summed E-state index contributed by atoms with van der Waals surface area (Å²) < 4.78 is 6.08. The van der Waals surface area contributed by atoms with Gasteiger partial charge in [-0.3, -0.25) is 4.79 Å². The smallest absolute Gasteiger partial charge is 0.244 e. The Kier molecular flexibility index (Phi) is 7.05. The molecule has 0 unspecified atom stereocenters. The fraction of sp³-hybridized carbons (Fsp3) is 0.0769. The zero-order chi connectivity index (χ0) is 22.3. The number of hydrazone groups is 1. The Balaban J connectivity index is 1.51. The summed E-state index contributed by atoms with van der Waals surface area (Å²) in [6, 6.07) is 26.5.